The van der Waals surface area contributed by atoms with Gasteiger partial charge in [0.1, 0.15) is 0 Å². The molecule has 1 amide bonds. The molecule has 24 heavy (non-hydrogen) atoms. The standard InChI is InChI=1S/C18H24N4O2/c1-13-11-14(2)22(20-13)17-7-6-15(12-19-17)18(24)21-9-4-3-5-16(21)8-10-23/h6-7,11-12,16,23H,3-5,8-10H2,1-2H3. The molecule has 1 atom stereocenters. The largest absolute Gasteiger partial charge is 0.396 e. The summed E-state index contributed by atoms with van der Waals surface area (Å²) in [4.78, 5) is 19.1. The summed E-state index contributed by atoms with van der Waals surface area (Å²) in [6.45, 7) is 4.79. The van der Waals surface area contributed by atoms with E-state index in [1.807, 2.05) is 36.9 Å². The number of pyridine rings is 1. The molecule has 128 valence electrons. The summed E-state index contributed by atoms with van der Waals surface area (Å²) in [7, 11) is 0. The maximum atomic E-state index is 12.8. The number of rotatable bonds is 4. The van der Waals surface area contributed by atoms with Crippen LogP contribution in [0.3, 0.4) is 0 Å². The van der Waals surface area contributed by atoms with Crippen molar-refractivity contribution in [2.75, 3.05) is 13.2 Å². The van der Waals surface area contributed by atoms with Gasteiger partial charge >= 0.3 is 0 Å². The summed E-state index contributed by atoms with van der Waals surface area (Å²) in [5, 5.41) is 13.6. The number of aromatic nitrogens is 3. The van der Waals surface area contributed by atoms with Crippen LogP contribution in [0.4, 0.5) is 0 Å². The minimum absolute atomic E-state index is 0.000526. The maximum absolute atomic E-state index is 12.8. The highest BCUT2D eigenvalue weighted by Crippen LogP contribution is 2.22. The molecule has 0 bridgehead atoms. The molecule has 6 nitrogen and oxygen atoms in total. The minimum Gasteiger partial charge on any atom is -0.396 e. The molecule has 2 aromatic heterocycles. The highest BCUT2D eigenvalue weighted by molar-refractivity contribution is 5.94. The fourth-order valence-electron chi connectivity index (χ4n) is 3.38. The Hall–Kier alpha value is -2.21. The molecule has 1 aliphatic rings. The third-order valence-corrected chi connectivity index (χ3v) is 4.57. The average Bonchev–Trinajstić information content (AvgIpc) is 2.93. The fourth-order valence-corrected chi connectivity index (χ4v) is 3.38. The van der Waals surface area contributed by atoms with Gasteiger partial charge in [-0.3, -0.25) is 4.79 Å². The lowest BCUT2D eigenvalue weighted by molar-refractivity contribution is 0.0574. The van der Waals surface area contributed by atoms with E-state index in [9.17, 15) is 9.90 Å². The van der Waals surface area contributed by atoms with Gasteiger partial charge in [-0.25, -0.2) is 9.67 Å². The van der Waals surface area contributed by atoms with E-state index < -0.39 is 0 Å². The number of amides is 1. The van der Waals surface area contributed by atoms with Gasteiger partial charge < -0.3 is 10.0 Å². The molecule has 3 heterocycles. The molecule has 0 aromatic carbocycles. The zero-order valence-corrected chi connectivity index (χ0v) is 14.3. The average molecular weight is 328 g/mol. The van der Waals surface area contributed by atoms with Crippen molar-refractivity contribution in [1.82, 2.24) is 19.7 Å². The highest BCUT2D eigenvalue weighted by Gasteiger charge is 2.27. The molecule has 1 saturated heterocycles. The number of aliphatic hydroxyl groups excluding tert-OH is 1. The van der Waals surface area contributed by atoms with Crippen molar-refractivity contribution in [3.05, 3.63) is 41.3 Å². The lowest BCUT2D eigenvalue weighted by Gasteiger charge is -2.35. The first-order valence-electron chi connectivity index (χ1n) is 8.51. The number of hydrogen-bond donors (Lipinski definition) is 1. The van der Waals surface area contributed by atoms with Crippen molar-refractivity contribution in [2.45, 2.75) is 45.6 Å². The lowest BCUT2D eigenvalue weighted by Crippen LogP contribution is -2.44. The van der Waals surface area contributed by atoms with Crippen molar-refractivity contribution >= 4 is 5.91 Å². The van der Waals surface area contributed by atoms with E-state index in [4.69, 9.17) is 0 Å². The van der Waals surface area contributed by atoms with E-state index in [0.717, 1.165) is 37.2 Å². The molecule has 1 N–H and O–H groups in total. The van der Waals surface area contributed by atoms with Crippen LogP contribution < -0.4 is 0 Å². The Morgan fingerprint density at radius 2 is 2.17 bits per heavy atom. The minimum atomic E-state index is 0.000526. The predicted octanol–water partition coefficient (Wildman–Crippen LogP) is 2.26. The number of aliphatic hydroxyl groups is 1. The molecule has 3 rings (SSSR count). The highest BCUT2D eigenvalue weighted by atomic mass is 16.3. The number of piperidine rings is 1. The van der Waals surface area contributed by atoms with Crippen LogP contribution in [0.15, 0.2) is 24.4 Å². The summed E-state index contributed by atoms with van der Waals surface area (Å²) < 4.78 is 1.78. The molecule has 0 spiro atoms. The Balaban J connectivity index is 1.79. The number of carbonyl (C=O) groups excluding carboxylic acids is 1. The van der Waals surface area contributed by atoms with E-state index >= 15 is 0 Å². The smallest absolute Gasteiger partial charge is 0.255 e. The summed E-state index contributed by atoms with van der Waals surface area (Å²) in [5.41, 5.74) is 2.54. The van der Waals surface area contributed by atoms with Crippen LogP contribution in [0, 0.1) is 13.8 Å². The Kier molecular flexibility index (Phi) is 4.94. The summed E-state index contributed by atoms with van der Waals surface area (Å²) in [6.07, 6.45) is 5.36. The van der Waals surface area contributed by atoms with Gasteiger partial charge in [-0.15, -0.1) is 0 Å². The predicted molar refractivity (Wildman–Crippen MR) is 91.2 cm³/mol. The van der Waals surface area contributed by atoms with E-state index in [-0.39, 0.29) is 18.6 Å². The lowest BCUT2D eigenvalue weighted by atomic mass is 9.98. The fraction of sp³-hybridized carbons (Fsp3) is 0.500. The molecule has 0 aliphatic carbocycles. The monoisotopic (exact) mass is 328 g/mol. The normalized spacial score (nSPS) is 18.0. The maximum Gasteiger partial charge on any atom is 0.255 e. The van der Waals surface area contributed by atoms with Crippen LogP contribution in [0.25, 0.3) is 5.82 Å². The van der Waals surface area contributed by atoms with Crippen molar-refractivity contribution in [3.63, 3.8) is 0 Å². The van der Waals surface area contributed by atoms with Gasteiger partial charge in [0.05, 0.1) is 11.3 Å². The van der Waals surface area contributed by atoms with Crippen LogP contribution in [-0.4, -0.2) is 49.9 Å². The molecule has 1 aliphatic heterocycles. The molecular formula is C18H24N4O2. The van der Waals surface area contributed by atoms with Crippen molar-refractivity contribution in [2.24, 2.45) is 0 Å². The topological polar surface area (TPSA) is 71.2 Å². The molecule has 6 heteroatoms. The van der Waals surface area contributed by atoms with E-state index in [1.165, 1.54) is 0 Å². The van der Waals surface area contributed by atoms with Gasteiger partial charge in [0.25, 0.3) is 5.91 Å². The Morgan fingerprint density at radius 1 is 1.33 bits per heavy atom. The van der Waals surface area contributed by atoms with Gasteiger partial charge in [-0.1, -0.05) is 0 Å². The van der Waals surface area contributed by atoms with Crippen molar-refractivity contribution in [1.29, 1.82) is 0 Å². The second kappa shape index (κ2) is 7.13. The Morgan fingerprint density at radius 3 is 2.79 bits per heavy atom. The number of hydrogen-bond acceptors (Lipinski definition) is 4. The zero-order valence-electron chi connectivity index (χ0n) is 14.3. The van der Waals surface area contributed by atoms with Crippen LogP contribution in [0.1, 0.15) is 47.4 Å². The van der Waals surface area contributed by atoms with E-state index in [1.54, 1.807) is 10.9 Å². The SMILES string of the molecule is Cc1cc(C)n(-c2ccc(C(=O)N3CCCCC3CCO)cn2)n1. The van der Waals surface area contributed by atoms with Crippen molar-refractivity contribution in [3.8, 4) is 5.82 Å². The quantitative estimate of drug-likeness (QED) is 0.934. The van der Waals surface area contributed by atoms with Crippen LogP contribution in [0.5, 0.6) is 0 Å². The second-order valence-corrected chi connectivity index (χ2v) is 6.40. The molecule has 1 unspecified atom stereocenters. The van der Waals surface area contributed by atoms with Crippen LogP contribution >= 0.6 is 0 Å². The van der Waals surface area contributed by atoms with Gasteiger partial charge in [0, 0.05) is 31.1 Å². The summed E-state index contributed by atoms with van der Waals surface area (Å²) in [6, 6.07) is 5.77. The van der Waals surface area contributed by atoms with Crippen molar-refractivity contribution < 1.29 is 9.90 Å². The van der Waals surface area contributed by atoms with Gasteiger partial charge in [-0.2, -0.15) is 5.10 Å². The Bertz CT molecular complexity index is 706. The van der Waals surface area contributed by atoms with Crippen LogP contribution in [0.2, 0.25) is 0 Å². The molecule has 1 fully saturated rings. The summed E-state index contributed by atoms with van der Waals surface area (Å²) in [5.74, 6) is 0.711. The second-order valence-electron chi connectivity index (χ2n) is 6.40. The number of carbonyl (C=O) groups is 1. The van der Waals surface area contributed by atoms with E-state index in [2.05, 4.69) is 10.1 Å². The molecule has 2 aromatic rings. The Labute approximate surface area is 142 Å². The van der Waals surface area contributed by atoms with Gasteiger partial charge in [0.2, 0.25) is 0 Å². The molecule has 0 saturated carbocycles. The van der Waals surface area contributed by atoms with Crippen LogP contribution in [-0.2, 0) is 0 Å². The zero-order chi connectivity index (χ0) is 17.1. The first-order valence-corrected chi connectivity index (χ1v) is 8.51. The first kappa shape index (κ1) is 16.6. The molecular weight excluding hydrogens is 304 g/mol. The first-order chi connectivity index (χ1) is 11.6. The van der Waals surface area contributed by atoms with E-state index in [0.29, 0.717) is 17.8 Å². The van der Waals surface area contributed by atoms with Gasteiger partial charge in [-0.05, 0) is 57.7 Å². The molecule has 0 radical (unpaired) electrons. The third-order valence-electron chi connectivity index (χ3n) is 4.57. The number of nitrogens with zero attached hydrogens (tertiary/aromatic N) is 4. The van der Waals surface area contributed by atoms with Gasteiger partial charge in [0.15, 0.2) is 5.82 Å². The third kappa shape index (κ3) is 3.33. The summed E-state index contributed by atoms with van der Waals surface area (Å²) >= 11 is 0. The number of likely N-dealkylation sites (tertiary alicyclic amines) is 1. The number of aryl methyl sites for hydroxylation is 2.